The molecule has 0 bridgehead atoms. The van der Waals surface area contributed by atoms with Gasteiger partial charge in [-0.1, -0.05) is 62.4 Å². The highest BCUT2D eigenvalue weighted by Gasteiger charge is 2.43. The molecule has 0 spiro atoms. The molecule has 1 amide bonds. The van der Waals surface area contributed by atoms with Crippen molar-refractivity contribution in [2.24, 2.45) is 5.92 Å². The lowest BCUT2D eigenvalue weighted by molar-refractivity contribution is -0.144. The SMILES string of the molecule is CC(C)C1C(=O)N(CC(=O)O)C(c2ccccc2)=CN1S(=O)(=O)c1ccccc1. The Hall–Kier alpha value is -3.13. The molecule has 1 atom stereocenters. The Labute approximate surface area is 169 Å². The number of carboxylic acids is 1. The minimum Gasteiger partial charge on any atom is -0.480 e. The molecule has 2 aromatic rings. The smallest absolute Gasteiger partial charge is 0.323 e. The van der Waals surface area contributed by atoms with Crippen LogP contribution in [0.15, 0.2) is 71.8 Å². The van der Waals surface area contributed by atoms with Crippen LogP contribution in [0, 0.1) is 5.92 Å². The predicted molar refractivity (Wildman–Crippen MR) is 108 cm³/mol. The molecule has 3 rings (SSSR count). The van der Waals surface area contributed by atoms with E-state index in [0.717, 1.165) is 9.21 Å². The molecule has 0 radical (unpaired) electrons. The van der Waals surface area contributed by atoms with Crippen LogP contribution in [-0.4, -0.2) is 47.2 Å². The van der Waals surface area contributed by atoms with Gasteiger partial charge in [-0.15, -0.1) is 0 Å². The largest absolute Gasteiger partial charge is 0.480 e. The molecule has 7 nitrogen and oxygen atoms in total. The number of benzene rings is 2. The van der Waals surface area contributed by atoms with Crippen molar-refractivity contribution in [3.8, 4) is 0 Å². The molecule has 8 heteroatoms. The Morgan fingerprint density at radius 1 is 1.03 bits per heavy atom. The minimum absolute atomic E-state index is 0.0637. The molecule has 1 N–H and O–H groups in total. The Morgan fingerprint density at radius 2 is 1.59 bits per heavy atom. The topological polar surface area (TPSA) is 95.0 Å². The number of carbonyl (C=O) groups excluding carboxylic acids is 1. The average Bonchev–Trinajstić information content (AvgIpc) is 2.69. The summed E-state index contributed by atoms with van der Waals surface area (Å²) in [5.41, 5.74) is 0.784. The molecule has 1 unspecified atom stereocenters. The van der Waals surface area contributed by atoms with Crippen molar-refractivity contribution < 1.29 is 23.1 Å². The fourth-order valence-corrected chi connectivity index (χ4v) is 4.92. The second-order valence-electron chi connectivity index (χ2n) is 7.04. The third-order valence-electron chi connectivity index (χ3n) is 4.65. The van der Waals surface area contributed by atoms with Crippen molar-refractivity contribution in [1.82, 2.24) is 9.21 Å². The van der Waals surface area contributed by atoms with Gasteiger partial charge in [0, 0.05) is 6.20 Å². The predicted octanol–water partition coefficient (Wildman–Crippen LogP) is 2.63. The number of sulfonamides is 1. The molecule has 1 aliphatic heterocycles. The molecule has 0 fully saturated rings. The highest BCUT2D eigenvalue weighted by molar-refractivity contribution is 7.89. The van der Waals surface area contributed by atoms with Gasteiger partial charge >= 0.3 is 5.97 Å². The lowest BCUT2D eigenvalue weighted by atomic mass is 9.99. The second-order valence-corrected chi connectivity index (χ2v) is 8.88. The molecule has 0 saturated heterocycles. The maximum atomic E-state index is 13.3. The first-order valence-corrected chi connectivity index (χ1v) is 10.6. The number of carboxylic acid groups (broad SMARTS) is 1. The van der Waals surface area contributed by atoms with Crippen molar-refractivity contribution in [3.05, 3.63) is 72.4 Å². The van der Waals surface area contributed by atoms with Crippen LogP contribution in [0.25, 0.3) is 5.70 Å². The fourth-order valence-electron chi connectivity index (χ4n) is 3.31. The van der Waals surface area contributed by atoms with Crippen LogP contribution in [0.1, 0.15) is 19.4 Å². The van der Waals surface area contributed by atoms with E-state index in [1.165, 1.54) is 18.3 Å². The Balaban J connectivity index is 2.22. The molecular formula is C21H22N2O5S. The molecule has 0 saturated carbocycles. The number of hydrogen-bond acceptors (Lipinski definition) is 4. The molecule has 152 valence electrons. The van der Waals surface area contributed by atoms with Gasteiger partial charge in [0.25, 0.3) is 15.9 Å². The van der Waals surface area contributed by atoms with Crippen molar-refractivity contribution in [3.63, 3.8) is 0 Å². The third kappa shape index (κ3) is 4.02. The Bertz CT molecular complexity index is 1030. The zero-order valence-electron chi connectivity index (χ0n) is 16.1. The third-order valence-corrected chi connectivity index (χ3v) is 6.40. The summed E-state index contributed by atoms with van der Waals surface area (Å²) in [5.74, 6) is -2.11. The van der Waals surface area contributed by atoms with Gasteiger partial charge in [-0.05, 0) is 23.6 Å². The normalized spacial score (nSPS) is 17.4. The number of amides is 1. The first-order valence-electron chi connectivity index (χ1n) is 9.12. The van der Waals surface area contributed by atoms with E-state index >= 15 is 0 Å². The van der Waals surface area contributed by atoms with Crippen LogP contribution in [0.4, 0.5) is 0 Å². The van der Waals surface area contributed by atoms with Gasteiger partial charge in [0.2, 0.25) is 0 Å². The molecule has 1 heterocycles. The first-order chi connectivity index (χ1) is 13.7. The van der Waals surface area contributed by atoms with Crippen molar-refractivity contribution in [2.45, 2.75) is 24.8 Å². The molecule has 0 aromatic heterocycles. The summed E-state index contributed by atoms with van der Waals surface area (Å²) in [6, 6.07) is 15.5. The van der Waals surface area contributed by atoms with Crippen LogP contribution in [0.3, 0.4) is 0 Å². The molecule has 0 aliphatic carbocycles. The first kappa shape index (κ1) is 20.6. The van der Waals surface area contributed by atoms with Crippen LogP contribution in [-0.2, 0) is 19.6 Å². The summed E-state index contributed by atoms with van der Waals surface area (Å²) in [6.45, 7) is 2.91. The fraction of sp³-hybridized carbons (Fsp3) is 0.238. The van der Waals surface area contributed by atoms with E-state index in [0.29, 0.717) is 5.56 Å². The highest BCUT2D eigenvalue weighted by atomic mass is 32.2. The Kier molecular flexibility index (Phi) is 5.74. The molecule has 1 aliphatic rings. The second kappa shape index (κ2) is 8.08. The minimum atomic E-state index is -4.02. The summed E-state index contributed by atoms with van der Waals surface area (Å²) >= 11 is 0. The van der Waals surface area contributed by atoms with E-state index < -0.39 is 34.5 Å². The maximum Gasteiger partial charge on any atom is 0.323 e. The number of nitrogens with zero attached hydrogens (tertiary/aromatic N) is 2. The van der Waals surface area contributed by atoms with Crippen LogP contribution in [0.2, 0.25) is 0 Å². The molecular weight excluding hydrogens is 392 g/mol. The highest BCUT2D eigenvalue weighted by Crippen LogP contribution is 2.33. The van der Waals surface area contributed by atoms with E-state index in [1.54, 1.807) is 62.4 Å². The van der Waals surface area contributed by atoms with Crippen molar-refractivity contribution in [2.75, 3.05) is 6.54 Å². The van der Waals surface area contributed by atoms with E-state index in [2.05, 4.69) is 0 Å². The number of rotatable bonds is 6. The van der Waals surface area contributed by atoms with Gasteiger partial charge < -0.3 is 5.11 Å². The molecule has 2 aromatic carbocycles. The van der Waals surface area contributed by atoms with Crippen LogP contribution in [0.5, 0.6) is 0 Å². The van der Waals surface area contributed by atoms with Gasteiger partial charge in [-0.3, -0.25) is 18.8 Å². The van der Waals surface area contributed by atoms with E-state index in [-0.39, 0.29) is 16.5 Å². The standard InChI is InChI=1S/C21H22N2O5S/c1-15(2)20-21(26)22(14-19(24)25)18(16-9-5-3-6-10-16)13-23(20)29(27,28)17-11-7-4-8-12-17/h3-13,15,20H,14H2,1-2H3,(H,24,25). The van der Waals surface area contributed by atoms with E-state index in [9.17, 15) is 23.1 Å². The van der Waals surface area contributed by atoms with Gasteiger partial charge in [-0.2, -0.15) is 0 Å². The van der Waals surface area contributed by atoms with E-state index in [1.807, 2.05) is 0 Å². The average molecular weight is 414 g/mol. The zero-order chi connectivity index (χ0) is 21.2. The lowest BCUT2D eigenvalue weighted by Gasteiger charge is -2.40. The van der Waals surface area contributed by atoms with Gasteiger partial charge in [-0.25, -0.2) is 8.42 Å². The van der Waals surface area contributed by atoms with Crippen LogP contribution < -0.4 is 0 Å². The van der Waals surface area contributed by atoms with Crippen LogP contribution >= 0.6 is 0 Å². The number of aliphatic carboxylic acids is 1. The van der Waals surface area contributed by atoms with Gasteiger partial charge in [0.05, 0.1) is 10.6 Å². The summed E-state index contributed by atoms with van der Waals surface area (Å²) in [6.07, 6.45) is 1.37. The van der Waals surface area contributed by atoms with Crippen molar-refractivity contribution >= 4 is 27.6 Å². The van der Waals surface area contributed by atoms with E-state index in [4.69, 9.17) is 0 Å². The summed E-state index contributed by atoms with van der Waals surface area (Å²) in [7, 11) is -4.02. The summed E-state index contributed by atoms with van der Waals surface area (Å²) in [5, 5.41) is 9.32. The lowest BCUT2D eigenvalue weighted by Crippen LogP contribution is -2.55. The van der Waals surface area contributed by atoms with Gasteiger partial charge in [0.15, 0.2) is 0 Å². The number of hydrogen-bond donors (Lipinski definition) is 1. The Morgan fingerprint density at radius 3 is 2.10 bits per heavy atom. The zero-order valence-corrected chi connectivity index (χ0v) is 16.9. The molecule has 29 heavy (non-hydrogen) atoms. The monoisotopic (exact) mass is 414 g/mol. The summed E-state index contributed by atoms with van der Waals surface area (Å²) < 4.78 is 27.8. The number of carbonyl (C=O) groups is 2. The van der Waals surface area contributed by atoms with Gasteiger partial charge in [0.1, 0.15) is 12.6 Å². The quantitative estimate of drug-likeness (QED) is 0.784. The maximum absolute atomic E-state index is 13.3. The summed E-state index contributed by atoms with van der Waals surface area (Å²) in [4.78, 5) is 25.9. The van der Waals surface area contributed by atoms with Crippen molar-refractivity contribution in [1.29, 1.82) is 0 Å².